The van der Waals surface area contributed by atoms with Crippen LogP contribution in [-0.4, -0.2) is 42.0 Å². The predicted octanol–water partition coefficient (Wildman–Crippen LogP) is 0.887. The van der Waals surface area contributed by atoms with E-state index in [1.54, 1.807) is 6.07 Å². The van der Waals surface area contributed by atoms with Crippen LogP contribution in [0.2, 0.25) is 5.02 Å². The molecule has 146 valence electrons. The van der Waals surface area contributed by atoms with Crippen molar-refractivity contribution >= 4 is 29.4 Å². The molecule has 3 rings (SSSR count). The van der Waals surface area contributed by atoms with Crippen LogP contribution >= 0.6 is 11.6 Å². The van der Waals surface area contributed by atoms with Gasteiger partial charge in [-0.2, -0.15) is 5.01 Å². The molecule has 8 heteroatoms. The number of hydrazine groups is 1. The van der Waals surface area contributed by atoms with Crippen LogP contribution in [0.25, 0.3) is 0 Å². The van der Waals surface area contributed by atoms with E-state index in [1.165, 1.54) is 0 Å². The summed E-state index contributed by atoms with van der Waals surface area (Å²) in [4.78, 5) is 38.3. The maximum atomic E-state index is 12.8. The number of quaternary nitrogens is 1. The van der Waals surface area contributed by atoms with Gasteiger partial charge in [-0.3, -0.25) is 15.0 Å². The molecular weight excluding hydrogens is 368 g/mol. The van der Waals surface area contributed by atoms with Crippen molar-refractivity contribution in [1.29, 1.82) is 0 Å². The highest BCUT2D eigenvalue weighted by molar-refractivity contribution is 6.30. The number of benzene rings is 1. The first-order valence-corrected chi connectivity index (χ1v) is 9.69. The summed E-state index contributed by atoms with van der Waals surface area (Å²) < 4.78 is 0. The standard InChI is InChI=1S/C19H25ClN4O3/c1-13-6-8-19(9-7-13)17(26)24(18(27)21-19)22-16(25)12-23(2)11-14-4-3-5-15(20)10-14/h3-5,10,13H,6-9,11-12H2,1-2H3,(H,21,27)(H,22,25)/p+1. The Kier molecular flexibility index (Phi) is 5.72. The van der Waals surface area contributed by atoms with Gasteiger partial charge in [-0.1, -0.05) is 30.7 Å². The molecule has 2 fully saturated rings. The normalized spacial score (nSPS) is 26.2. The fraction of sp³-hybridized carbons (Fsp3) is 0.526. The molecule has 1 aliphatic carbocycles. The van der Waals surface area contributed by atoms with Crippen molar-refractivity contribution in [3.8, 4) is 0 Å². The third-order valence-corrected chi connectivity index (χ3v) is 5.62. The monoisotopic (exact) mass is 393 g/mol. The zero-order valence-electron chi connectivity index (χ0n) is 15.7. The lowest BCUT2D eigenvalue weighted by Crippen LogP contribution is -3.09. The van der Waals surface area contributed by atoms with Gasteiger partial charge in [-0.05, 0) is 43.7 Å². The van der Waals surface area contributed by atoms with Gasteiger partial charge in [0.1, 0.15) is 12.1 Å². The Morgan fingerprint density at radius 2 is 2.07 bits per heavy atom. The molecule has 1 saturated heterocycles. The second-order valence-electron chi connectivity index (χ2n) is 7.81. The highest BCUT2D eigenvalue weighted by Gasteiger charge is 2.52. The van der Waals surface area contributed by atoms with Crippen molar-refractivity contribution in [2.45, 2.75) is 44.7 Å². The van der Waals surface area contributed by atoms with E-state index in [4.69, 9.17) is 11.6 Å². The van der Waals surface area contributed by atoms with E-state index in [0.29, 0.717) is 30.3 Å². The smallest absolute Gasteiger partial charge is 0.326 e. The molecule has 1 unspecified atom stereocenters. The molecule has 1 aliphatic heterocycles. The summed E-state index contributed by atoms with van der Waals surface area (Å²) in [5, 5.41) is 4.30. The molecule has 4 amide bonds. The molecule has 7 nitrogen and oxygen atoms in total. The summed E-state index contributed by atoms with van der Waals surface area (Å²) in [6.07, 6.45) is 3.01. The Labute approximate surface area is 164 Å². The number of rotatable bonds is 5. The number of urea groups is 1. The molecule has 27 heavy (non-hydrogen) atoms. The first-order valence-electron chi connectivity index (χ1n) is 9.31. The Hall–Kier alpha value is -2.12. The lowest BCUT2D eigenvalue weighted by atomic mass is 9.77. The molecule has 1 spiro atoms. The predicted molar refractivity (Wildman–Crippen MR) is 101 cm³/mol. The molecule has 1 aromatic rings. The number of halogens is 1. The first-order chi connectivity index (χ1) is 12.8. The Morgan fingerprint density at radius 3 is 2.74 bits per heavy atom. The van der Waals surface area contributed by atoms with Crippen molar-refractivity contribution in [1.82, 2.24) is 15.8 Å². The van der Waals surface area contributed by atoms with Crippen LogP contribution in [0.3, 0.4) is 0 Å². The molecular formula is C19H26ClN4O3+. The van der Waals surface area contributed by atoms with Crippen LogP contribution < -0.4 is 15.6 Å². The van der Waals surface area contributed by atoms with E-state index in [1.807, 2.05) is 25.2 Å². The van der Waals surface area contributed by atoms with Crippen molar-refractivity contribution in [3.63, 3.8) is 0 Å². The lowest BCUT2D eigenvalue weighted by molar-refractivity contribution is -0.885. The Morgan fingerprint density at radius 1 is 1.37 bits per heavy atom. The SMILES string of the molecule is CC1CCC2(CC1)NC(=O)N(NC(=O)C[NH+](C)Cc1cccc(Cl)c1)C2=O. The zero-order valence-corrected chi connectivity index (χ0v) is 16.4. The average Bonchev–Trinajstić information content (AvgIpc) is 2.82. The molecule has 2 aliphatic rings. The van der Waals surface area contributed by atoms with Crippen LogP contribution in [0.5, 0.6) is 0 Å². The van der Waals surface area contributed by atoms with Crippen molar-refractivity contribution < 1.29 is 19.3 Å². The molecule has 1 aromatic carbocycles. The number of carbonyl (C=O) groups is 3. The van der Waals surface area contributed by atoms with Crippen LogP contribution in [0.1, 0.15) is 38.2 Å². The molecule has 0 radical (unpaired) electrons. The highest BCUT2D eigenvalue weighted by atomic mass is 35.5. The Balaban J connectivity index is 1.56. The van der Waals surface area contributed by atoms with Gasteiger partial charge in [0.05, 0.1) is 7.05 Å². The summed E-state index contributed by atoms with van der Waals surface area (Å²) in [6, 6.07) is 6.91. The van der Waals surface area contributed by atoms with Gasteiger partial charge >= 0.3 is 6.03 Å². The molecule has 0 bridgehead atoms. The van der Waals surface area contributed by atoms with Gasteiger partial charge in [0.2, 0.25) is 0 Å². The molecule has 3 N–H and O–H groups in total. The minimum absolute atomic E-state index is 0.133. The third-order valence-electron chi connectivity index (χ3n) is 5.38. The van der Waals surface area contributed by atoms with E-state index >= 15 is 0 Å². The summed E-state index contributed by atoms with van der Waals surface area (Å²) >= 11 is 5.98. The first kappa shape index (κ1) is 19.6. The number of hydrogen-bond donors (Lipinski definition) is 3. The second-order valence-corrected chi connectivity index (χ2v) is 8.25. The highest BCUT2D eigenvalue weighted by Crippen LogP contribution is 2.35. The van der Waals surface area contributed by atoms with Gasteiger partial charge in [0, 0.05) is 10.6 Å². The molecule has 1 atom stereocenters. The van der Waals surface area contributed by atoms with E-state index in [2.05, 4.69) is 17.7 Å². The molecule has 1 saturated carbocycles. The summed E-state index contributed by atoms with van der Waals surface area (Å²) in [7, 11) is 1.87. The minimum Gasteiger partial charge on any atom is -0.326 e. The van der Waals surface area contributed by atoms with Crippen LogP contribution in [0.15, 0.2) is 24.3 Å². The quantitative estimate of drug-likeness (QED) is 0.649. The lowest BCUT2D eigenvalue weighted by Gasteiger charge is -2.33. The number of likely N-dealkylation sites (N-methyl/N-ethyl adjacent to an activating group) is 1. The number of hydrogen-bond acceptors (Lipinski definition) is 3. The number of nitrogens with one attached hydrogen (secondary N) is 3. The largest absolute Gasteiger partial charge is 0.344 e. The molecule has 0 aromatic heterocycles. The maximum absolute atomic E-state index is 12.8. The van der Waals surface area contributed by atoms with Crippen LogP contribution in [0, 0.1) is 5.92 Å². The van der Waals surface area contributed by atoms with Gasteiger partial charge in [0.15, 0.2) is 6.54 Å². The van der Waals surface area contributed by atoms with Gasteiger partial charge in [-0.25, -0.2) is 4.79 Å². The van der Waals surface area contributed by atoms with E-state index < -0.39 is 11.6 Å². The maximum Gasteiger partial charge on any atom is 0.344 e. The fourth-order valence-electron chi connectivity index (χ4n) is 3.81. The minimum atomic E-state index is -0.851. The second kappa shape index (κ2) is 7.86. The van der Waals surface area contributed by atoms with Crippen molar-refractivity contribution in [2.24, 2.45) is 5.92 Å². The number of nitrogens with zero attached hydrogens (tertiary/aromatic N) is 1. The number of carbonyl (C=O) groups excluding carboxylic acids is 3. The Bertz CT molecular complexity index is 746. The van der Waals surface area contributed by atoms with E-state index in [9.17, 15) is 14.4 Å². The summed E-state index contributed by atoms with van der Waals surface area (Å²) in [5.41, 5.74) is 2.64. The van der Waals surface area contributed by atoms with Gasteiger partial charge in [0.25, 0.3) is 11.8 Å². The third kappa shape index (κ3) is 4.42. The van der Waals surface area contributed by atoms with Gasteiger partial charge < -0.3 is 10.2 Å². The topological polar surface area (TPSA) is 83.0 Å². The van der Waals surface area contributed by atoms with E-state index in [-0.39, 0.29) is 18.4 Å². The van der Waals surface area contributed by atoms with E-state index in [0.717, 1.165) is 28.3 Å². The van der Waals surface area contributed by atoms with Gasteiger partial charge in [-0.15, -0.1) is 0 Å². The zero-order chi connectivity index (χ0) is 19.6. The fourth-order valence-corrected chi connectivity index (χ4v) is 4.02. The summed E-state index contributed by atoms with van der Waals surface area (Å²) in [5.74, 6) is -0.174. The summed E-state index contributed by atoms with van der Waals surface area (Å²) in [6.45, 7) is 2.88. The molecule has 1 heterocycles. The number of imide groups is 1. The average molecular weight is 394 g/mol. The van der Waals surface area contributed by atoms with Crippen LogP contribution in [-0.2, 0) is 16.1 Å². The van der Waals surface area contributed by atoms with Crippen LogP contribution in [0.4, 0.5) is 4.79 Å². The van der Waals surface area contributed by atoms with Crippen molar-refractivity contribution in [3.05, 3.63) is 34.9 Å². The number of amides is 4. The van der Waals surface area contributed by atoms with Crippen molar-refractivity contribution in [2.75, 3.05) is 13.6 Å².